The second kappa shape index (κ2) is 12.3. The van der Waals surface area contributed by atoms with Gasteiger partial charge >= 0.3 is 0 Å². The van der Waals surface area contributed by atoms with E-state index in [9.17, 15) is 9.59 Å². The van der Waals surface area contributed by atoms with Gasteiger partial charge in [0.05, 0.1) is 7.11 Å². The van der Waals surface area contributed by atoms with E-state index in [0.717, 1.165) is 29.0 Å². The zero-order valence-corrected chi connectivity index (χ0v) is 20.6. The predicted octanol–water partition coefficient (Wildman–Crippen LogP) is 4.12. The van der Waals surface area contributed by atoms with Crippen molar-refractivity contribution in [3.05, 3.63) is 53.6 Å². The van der Waals surface area contributed by atoms with E-state index in [1.165, 1.54) is 0 Å². The number of aryl methyl sites for hydroxylation is 1. The van der Waals surface area contributed by atoms with E-state index in [-0.39, 0.29) is 17.9 Å². The molecule has 7 heteroatoms. The van der Waals surface area contributed by atoms with Gasteiger partial charge in [0.1, 0.15) is 25.0 Å². The van der Waals surface area contributed by atoms with Gasteiger partial charge in [0.25, 0.3) is 0 Å². The van der Waals surface area contributed by atoms with Crippen molar-refractivity contribution in [3.63, 3.8) is 0 Å². The van der Waals surface area contributed by atoms with Crippen LogP contribution in [0.1, 0.15) is 51.2 Å². The summed E-state index contributed by atoms with van der Waals surface area (Å²) in [5, 5.41) is 3.04. The first kappa shape index (κ1) is 25.4. The van der Waals surface area contributed by atoms with Crippen molar-refractivity contribution in [2.75, 3.05) is 20.3 Å². The molecule has 0 aromatic heterocycles. The quantitative estimate of drug-likeness (QED) is 0.537. The van der Waals surface area contributed by atoms with Crippen LogP contribution in [0.2, 0.25) is 0 Å². The molecule has 1 aliphatic heterocycles. The Morgan fingerprint density at radius 1 is 1.00 bits per heavy atom. The van der Waals surface area contributed by atoms with Gasteiger partial charge in [0.15, 0.2) is 11.5 Å². The Labute approximate surface area is 202 Å². The molecule has 2 amide bonds. The molecule has 184 valence electrons. The van der Waals surface area contributed by atoms with Crippen molar-refractivity contribution in [2.24, 2.45) is 0 Å². The fourth-order valence-corrected chi connectivity index (χ4v) is 3.93. The van der Waals surface area contributed by atoms with Crippen LogP contribution in [-0.4, -0.2) is 49.1 Å². The molecular formula is C27H36N2O5. The van der Waals surface area contributed by atoms with Crippen LogP contribution in [0, 0.1) is 0 Å². The molecule has 2 aromatic rings. The molecule has 0 fully saturated rings. The lowest BCUT2D eigenvalue weighted by Gasteiger charge is -2.31. The average molecular weight is 469 g/mol. The monoisotopic (exact) mass is 468 g/mol. The first-order valence-electron chi connectivity index (χ1n) is 12.1. The third-order valence-corrected chi connectivity index (χ3v) is 6.13. The summed E-state index contributed by atoms with van der Waals surface area (Å²) in [6, 6.07) is 12.9. The fraction of sp³-hybridized carbons (Fsp3) is 0.481. The summed E-state index contributed by atoms with van der Waals surface area (Å²) in [5.41, 5.74) is 1.95. The summed E-state index contributed by atoms with van der Waals surface area (Å²) < 4.78 is 16.5. The van der Waals surface area contributed by atoms with Crippen LogP contribution in [0.3, 0.4) is 0 Å². The highest BCUT2D eigenvalue weighted by Gasteiger charge is 2.29. The number of fused-ring (bicyclic) bond motifs is 1. The van der Waals surface area contributed by atoms with Crippen molar-refractivity contribution in [3.8, 4) is 17.2 Å². The summed E-state index contributed by atoms with van der Waals surface area (Å²) in [6.07, 6.45) is 2.22. The molecule has 0 bridgehead atoms. The zero-order chi connectivity index (χ0) is 24.5. The number of nitrogens with one attached hydrogen (secondary N) is 1. The van der Waals surface area contributed by atoms with Crippen molar-refractivity contribution >= 4 is 11.8 Å². The highest BCUT2D eigenvalue weighted by Crippen LogP contribution is 2.31. The molecule has 0 spiro atoms. The lowest BCUT2D eigenvalue weighted by molar-refractivity contribution is -0.141. The minimum absolute atomic E-state index is 0.0530. The maximum absolute atomic E-state index is 13.5. The molecule has 34 heavy (non-hydrogen) atoms. The van der Waals surface area contributed by atoms with E-state index in [2.05, 4.69) is 5.32 Å². The Morgan fingerprint density at radius 3 is 2.32 bits per heavy atom. The third kappa shape index (κ3) is 6.65. The van der Waals surface area contributed by atoms with Gasteiger partial charge in [-0.05, 0) is 61.6 Å². The number of benzene rings is 2. The molecule has 1 aliphatic rings. The largest absolute Gasteiger partial charge is 0.497 e. The first-order valence-corrected chi connectivity index (χ1v) is 12.1. The van der Waals surface area contributed by atoms with Crippen molar-refractivity contribution in [1.82, 2.24) is 10.2 Å². The van der Waals surface area contributed by atoms with Crippen LogP contribution in [-0.2, 0) is 22.6 Å². The predicted molar refractivity (Wildman–Crippen MR) is 131 cm³/mol. The van der Waals surface area contributed by atoms with Gasteiger partial charge in [0.2, 0.25) is 11.8 Å². The molecule has 0 saturated carbocycles. The molecule has 7 nitrogen and oxygen atoms in total. The Hall–Kier alpha value is -3.22. The summed E-state index contributed by atoms with van der Waals surface area (Å²) in [6.45, 7) is 7.37. The molecule has 2 aromatic carbocycles. The van der Waals surface area contributed by atoms with Gasteiger partial charge in [0, 0.05) is 19.0 Å². The van der Waals surface area contributed by atoms with Gasteiger partial charge in [-0.2, -0.15) is 0 Å². The zero-order valence-electron chi connectivity index (χ0n) is 20.6. The highest BCUT2D eigenvalue weighted by atomic mass is 16.6. The molecular weight excluding hydrogens is 432 g/mol. The second-order valence-corrected chi connectivity index (χ2v) is 8.59. The van der Waals surface area contributed by atoms with Crippen LogP contribution >= 0.6 is 0 Å². The Balaban J connectivity index is 1.76. The minimum atomic E-state index is -0.538. The number of carbonyl (C=O) groups is 2. The lowest BCUT2D eigenvalue weighted by Crippen LogP contribution is -2.50. The van der Waals surface area contributed by atoms with Gasteiger partial charge < -0.3 is 24.4 Å². The molecule has 3 rings (SSSR count). The summed E-state index contributed by atoms with van der Waals surface area (Å²) in [5.74, 6) is 2.03. The van der Waals surface area contributed by atoms with Gasteiger partial charge in [-0.1, -0.05) is 32.0 Å². The number of hydrogen-bond acceptors (Lipinski definition) is 5. The Morgan fingerprint density at radius 2 is 1.68 bits per heavy atom. The minimum Gasteiger partial charge on any atom is -0.497 e. The summed E-state index contributed by atoms with van der Waals surface area (Å²) in [4.78, 5) is 28.2. The lowest BCUT2D eigenvalue weighted by atomic mass is 10.0. The fourth-order valence-electron chi connectivity index (χ4n) is 3.93. The second-order valence-electron chi connectivity index (χ2n) is 8.59. The smallest absolute Gasteiger partial charge is 0.243 e. The van der Waals surface area contributed by atoms with Gasteiger partial charge in [-0.25, -0.2) is 0 Å². The number of ether oxygens (including phenoxy) is 3. The Kier molecular flexibility index (Phi) is 9.19. The standard InChI is InChI=1S/C27H36N2O5/c1-5-19(3)28-27(31)23(6-2)29(18-21-7-11-22(32-4)12-8-21)26(30)14-10-20-9-13-24-25(17-20)34-16-15-33-24/h7-9,11-13,17,19,23H,5-6,10,14-16,18H2,1-4H3,(H,28,31)/t19-,23+/m1/s1. The average Bonchev–Trinajstić information content (AvgIpc) is 2.87. The molecule has 1 N–H and O–H groups in total. The number of hydrogen-bond donors (Lipinski definition) is 1. The van der Waals surface area contributed by atoms with Crippen molar-refractivity contribution in [2.45, 2.75) is 65.1 Å². The molecule has 0 aliphatic carbocycles. The van der Waals surface area contributed by atoms with Gasteiger partial charge in [-0.15, -0.1) is 0 Å². The van der Waals surface area contributed by atoms with Crippen LogP contribution < -0.4 is 19.5 Å². The highest BCUT2D eigenvalue weighted by molar-refractivity contribution is 5.88. The Bertz CT molecular complexity index is 960. The van der Waals surface area contributed by atoms with Crippen LogP contribution in [0.5, 0.6) is 17.2 Å². The molecule has 2 atom stereocenters. The number of nitrogens with zero attached hydrogens (tertiary/aromatic N) is 1. The van der Waals surface area contributed by atoms with E-state index < -0.39 is 6.04 Å². The first-order chi connectivity index (χ1) is 16.4. The van der Waals surface area contributed by atoms with Crippen molar-refractivity contribution < 1.29 is 23.8 Å². The molecule has 0 unspecified atom stereocenters. The van der Waals surface area contributed by atoms with Crippen LogP contribution in [0.25, 0.3) is 0 Å². The normalized spacial score (nSPS) is 14.1. The van der Waals surface area contributed by atoms with E-state index in [1.807, 2.05) is 63.2 Å². The topological polar surface area (TPSA) is 77.1 Å². The van der Waals surface area contributed by atoms with E-state index in [1.54, 1.807) is 12.0 Å². The van der Waals surface area contributed by atoms with Crippen molar-refractivity contribution in [1.29, 1.82) is 0 Å². The summed E-state index contributed by atoms with van der Waals surface area (Å²) in [7, 11) is 1.62. The molecule has 0 saturated heterocycles. The maximum atomic E-state index is 13.5. The summed E-state index contributed by atoms with van der Waals surface area (Å²) >= 11 is 0. The number of methoxy groups -OCH3 is 1. The van der Waals surface area contributed by atoms with Gasteiger partial charge in [-0.3, -0.25) is 9.59 Å². The number of rotatable bonds is 11. The maximum Gasteiger partial charge on any atom is 0.243 e. The molecule has 1 heterocycles. The van der Waals surface area contributed by atoms with Crippen LogP contribution in [0.15, 0.2) is 42.5 Å². The number of carbonyl (C=O) groups excluding carboxylic acids is 2. The molecule has 0 radical (unpaired) electrons. The van der Waals surface area contributed by atoms with E-state index >= 15 is 0 Å². The van der Waals surface area contributed by atoms with E-state index in [4.69, 9.17) is 14.2 Å². The van der Waals surface area contributed by atoms with E-state index in [0.29, 0.717) is 44.8 Å². The SMILES string of the molecule is CC[C@@H](C)NC(=O)[C@H](CC)N(Cc1ccc(OC)cc1)C(=O)CCc1ccc2c(c1)OCCO2. The number of amides is 2. The third-order valence-electron chi connectivity index (χ3n) is 6.13. The van der Waals surface area contributed by atoms with Crippen LogP contribution in [0.4, 0.5) is 0 Å².